The molecular weight excluding hydrogens is 366 g/mol. The smallest absolute Gasteiger partial charge is 0.387 e. The summed E-state index contributed by atoms with van der Waals surface area (Å²) in [7, 11) is -1.09. The predicted molar refractivity (Wildman–Crippen MR) is 89.4 cm³/mol. The molecular formula is C17H16F2N2O4S. The lowest BCUT2D eigenvalue weighted by Gasteiger charge is -2.18. The molecule has 6 nitrogen and oxygen atoms in total. The summed E-state index contributed by atoms with van der Waals surface area (Å²) < 4.78 is 60.4. The van der Waals surface area contributed by atoms with E-state index >= 15 is 0 Å². The second kappa shape index (κ2) is 8.12. The number of sulfonamides is 1. The molecule has 0 N–H and O–H groups in total. The molecule has 0 atom stereocenters. The molecule has 0 fully saturated rings. The van der Waals surface area contributed by atoms with E-state index in [1.807, 2.05) is 6.07 Å². The van der Waals surface area contributed by atoms with Gasteiger partial charge >= 0.3 is 6.61 Å². The molecule has 0 saturated carbocycles. The first-order valence-corrected chi connectivity index (χ1v) is 8.80. The highest BCUT2D eigenvalue weighted by atomic mass is 32.2. The van der Waals surface area contributed by atoms with Crippen LogP contribution >= 0.6 is 0 Å². The van der Waals surface area contributed by atoms with Crippen LogP contribution in [0.1, 0.15) is 11.1 Å². The quantitative estimate of drug-likeness (QED) is 0.736. The van der Waals surface area contributed by atoms with E-state index in [1.165, 1.54) is 56.6 Å². The Balaban J connectivity index is 2.22. The van der Waals surface area contributed by atoms with Crippen LogP contribution in [0.5, 0.6) is 11.5 Å². The van der Waals surface area contributed by atoms with E-state index in [0.29, 0.717) is 11.1 Å². The van der Waals surface area contributed by atoms with Gasteiger partial charge in [-0.1, -0.05) is 6.07 Å². The van der Waals surface area contributed by atoms with Gasteiger partial charge in [0.05, 0.1) is 23.6 Å². The average molecular weight is 382 g/mol. The SMILES string of the molecule is COc1cc(CN(C)S(=O)(=O)c2ccc(C#N)cc2)ccc1OC(F)F. The van der Waals surface area contributed by atoms with E-state index in [2.05, 4.69) is 4.74 Å². The molecule has 0 saturated heterocycles. The third-order valence-electron chi connectivity index (χ3n) is 3.54. The number of hydrogen-bond donors (Lipinski definition) is 0. The fourth-order valence-corrected chi connectivity index (χ4v) is 3.39. The van der Waals surface area contributed by atoms with Crippen LogP contribution in [-0.4, -0.2) is 33.5 Å². The fraction of sp³-hybridized carbons (Fsp3) is 0.235. The molecule has 0 heterocycles. The molecule has 2 rings (SSSR count). The number of benzene rings is 2. The normalized spacial score (nSPS) is 11.4. The number of halogens is 2. The Morgan fingerprint density at radius 1 is 1.15 bits per heavy atom. The summed E-state index contributed by atoms with van der Waals surface area (Å²) in [5.74, 6) is -0.0594. The van der Waals surface area contributed by atoms with Crippen LogP contribution in [0.25, 0.3) is 0 Å². The van der Waals surface area contributed by atoms with Gasteiger partial charge in [-0.2, -0.15) is 18.3 Å². The molecule has 26 heavy (non-hydrogen) atoms. The minimum Gasteiger partial charge on any atom is -0.493 e. The topological polar surface area (TPSA) is 79.6 Å². The molecule has 0 aromatic heterocycles. The van der Waals surface area contributed by atoms with Crippen molar-refractivity contribution in [1.82, 2.24) is 4.31 Å². The molecule has 0 unspecified atom stereocenters. The lowest BCUT2D eigenvalue weighted by atomic mass is 10.2. The molecule has 0 aliphatic rings. The predicted octanol–water partition coefficient (Wildman–Crippen LogP) is 2.99. The average Bonchev–Trinajstić information content (AvgIpc) is 2.62. The Morgan fingerprint density at radius 2 is 1.81 bits per heavy atom. The van der Waals surface area contributed by atoms with Crippen LogP contribution in [0, 0.1) is 11.3 Å². The number of alkyl halides is 2. The van der Waals surface area contributed by atoms with Gasteiger partial charge in [-0.25, -0.2) is 8.42 Å². The van der Waals surface area contributed by atoms with Crippen molar-refractivity contribution in [3.05, 3.63) is 53.6 Å². The number of nitrogens with zero attached hydrogens (tertiary/aromatic N) is 2. The van der Waals surface area contributed by atoms with Crippen molar-refractivity contribution in [3.8, 4) is 17.6 Å². The Hall–Kier alpha value is -2.70. The number of hydrogen-bond acceptors (Lipinski definition) is 5. The minimum atomic E-state index is -3.78. The van der Waals surface area contributed by atoms with Gasteiger partial charge in [0.25, 0.3) is 0 Å². The van der Waals surface area contributed by atoms with Gasteiger partial charge in [0, 0.05) is 13.6 Å². The molecule has 0 spiro atoms. The Labute approximate surface area is 150 Å². The minimum absolute atomic E-state index is 0.00630. The van der Waals surface area contributed by atoms with Crippen LogP contribution in [0.4, 0.5) is 8.78 Å². The first kappa shape index (κ1) is 19.6. The highest BCUT2D eigenvalue weighted by Gasteiger charge is 2.21. The Kier molecular flexibility index (Phi) is 6.13. The maximum Gasteiger partial charge on any atom is 0.387 e. The molecule has 0 aliphatic heterocycles. The summed E-state index contributed by atoms with van der Waals surface area (Å²) in [5, 5.41) is 8.78. The summed E-state index contributed by atoms with van der Waals surface area (Å²) in [6, 6.07) is 11.7. The molecule has 0 radical (unpaired) electrons. The van der Waals surface area contributed by atoms with Crippen molar-refractivity contribution < 1.29 is 26.7 Å². The highest BCUT2D eigenvalue weighted by molar-refractivity contribution is 7.89. The first-order chi connectivity index (χ1) is 12.3. The lowest BCUT2D eigenvalue weighted by Crippen LogP contribution is -2.26. The largest absolute Gasteiger partial charge is 0.493 e. The molecule has 0 amide bonds. The second-order valence-electron chi connectivity index (χ2n) is 5.26. The highest BCUT2D eigenvalue weighted by Crippen LogP contribution is 2.30. The molecule has 2 aromatic carbocycles. The van der Waals surface area contributed by atoms with E-state index < -0.39 is 16.6 Å². The third-order valence-corrected chi connectivity index (χ3v) is 5.36. The number of rotatable bonds is 7. The van der Waals surface area contributed by atoms with Gasteiger partial charge in [0.1, 0.15) is 0 Å². The molecule has 138 valence electrons. The van der Waals surface area contributed by atoms with Crippen molar-refractivity contribution >= 4 is 10.0 Å². The van der Waals surface area contributed by atoms with Crippen molar-refractivity contribution in [3.63, 3.8) is 0 Å². The van der Waals surface area contributed by atoms with Gasteiger partial charge in [0.15, 0.2) is 11.5 Å². The van der Waals surface area contributed by atoms with Crippen LogP contribution in [0.15, 0.2) is 47.4 Å². The van der Waals surface area contributed by atoms with Crippen LogP contribution in [0.3, 0.4) is 0 Å². The summed E-state index contributed by atoms with van der Waals surface area (Å²) in [6.07, 6.45) is 0. The van der Waals surface area contributed by atoms with E-state index in [0.717, 1.165) is 4.31 Å². The van der Waals surface area contributed by atoms with E-state index in [1.54, 1.807) is 0 Å². The number of nitriles is 1. The van der Waals surface area contributed by atoms with Gasteiger partial charge < -0.3 is 9.47 Å². The number of ether oxygens (including phenoxy) is 2. The van der Waals surface area contributed by atoms with Gasteiger partial charge in [-0.15, -0.1) is 0 Å². The Bertz CT molecular complexity index is 909. The van der Waals surface area contributed by atoms with Crippen molar-refractivity contribution in [1.29, 1.82) is 5.26 Å². The van der Waals surface area contributed by atoms with Crippen LogP contribution in [0.2, 0.25) is 0 Å². The maximum absolute atomic E-state index is 12.6. The summed E-state index contributed by atoms with van der Waals surface area (Å²) >= 11 is 0. The monoisotopic (exact) mass is 382 g/mol. The zero-order valence-electron chi connectivity index (χ0n) is 14.0. The molecule has 0 aliphatic carbocycles. The summed E-state index contributed by atoms with van der Waals surface area (Å²) in [5.41, 5.74) is 0.883. The van der Waals surface area contributed by atoms with Crippen molar-refractivity contribution in [2.75, 3.05) is 14.2 Å². The van der Waals surface area contributed by atoms with Crippen molar-refractivity contribution in [2.45, 2.75) is 18.1 Å². The third kappa shape index (κ3) is 4.47. The van der Waals surface area contributed by atoms with Gasteiger partial charge in [-0.05, 0) is 42.0 Å². The van der Waals surface area contributed by atoms with Crippen LogP contribution in [-0.2, 0) is 16.6 Å². The lowest BCUT2D eigenvalue weighted by molar-refractivity contribution is -0.0512. The zero-order chi connectivity index (χ0) is 19.3. The fourth-order valence-electron chi connectivity index (χ4n) is 2.23. The first-order valence-electron chi connectivity index (χ1n) is 7.36. The zero-order valence-corrected chi connectivity index (χ0v) is 14.8. The summed E-state index contributed by atoms with van der Waals surface area (Å²) in [4.78, 5) is 0.0450. The van der Waals surface area contributed by atoms with Crippen LogP contribution < -0.4 is 9.47 Å². The Morgan fingerprint density at radius 3 is 2.35 bits per heavy atom. The molecule has 9 heteroatoms. The summed E-state index contributed by atoms with van der Waals surface area (Å²) in [6.45, 7) is -3.00. The second-order valence-corrected chi connectivity index (χ2v) is 7.31. The van der Waals surface area contributed by atoms with Gasteiger partial charge in [0.2, 0.25) is 10.0 Å². The van der Waals surface area contributed by atoms with E-state index in [9.17, 15) is 17.2 Å². The number of methoxy groups -OCH3 is 1. The van der Waals surface area contributed by atoms with E-state index in [4.69, 9.17) is 10.00 Å². The maximum atomic E-state index is 12.6. The van der Waals surface area contributed by atoms with E-state index in [-0.39, 0.29) is 22.9 Å². The standard InChI is InChI=1S/C17H16F2N2O4S/c1-21(26(22,23)14-6-3-12(10-20)4-7-14)11-13-5-8-15(25-17(18)19)16(9-13)24-2/h3-9,17H,11H2,1-2H3. The molecule has 0 bridgehead atoms. The van der Waals surface area contributed by atoms with Gasteiger partial charge in [-0.3, -0.25) is 0 Å². The van der Waals surface area contributed by atoms with Crippen molar-refractivity contribution in [2.24, 2.45) is 0 Å². The molecule has 2 aromatic rings.